The van der Waals surface area contributed by atoms with E-state index in [9.17, 15) is 19.6 Å². The molecular weight excluding hydrogens is 326 g/mol. The minimum absolute atomic E-state index is 0.0653. The number of esters is 3. The van der Waals surface area contributed by atoms with Gasteiger partial charge >= 0.3 is 17.9 Å². The lowest BCUT2D eigenvalue weighted by molar-refractivity contribution is -0.173. The molecule has 1 aliphatic heterocycles. The lowest BCUT2D eigenvalue weighted by Crippen LogP contribution is -2.40. The molecule has 0 aromatic heterocycles. The van der Waals surface area contributed by atoms with Gasteiger partial charge in [0, 0.05) is 11.8 Å². The Morgan fingerprint density at radius 3 is 2.72 bits per heavy atom. The van der Waals surface area contributed by atoms with E-state index in [1.54, 1.807) is 13.8 Å². The fraction of sp³-hybridized carbons (Fsp3) is 0.778. The number of carbonyl (C=O) groups is 3. The maximum absolute atomic E-state index is 12.1. The summed E-state index contributed by atoms with van der Waals surface area (Å²) in [6.07, 6.45) is -0.199. The quantitative estimate of drug-likeness (QED) is 0.548. The molecule has 2 saturated carbocycles. The number of carbonyl (C=O) groups excluding carboxylic acids is 3. The van der Waals surface area contributed by atoms with Crippen LogP contribution in [0.25, 0.3) is 0 Å². The largest absolute Gasteiger partial charge is 0.457 e. The monoisotopic (exact) mass is 349 g/mol. The van der Waals surface area contributed by atoms with Gasteiger partial charge in [-0.3, -0.25) is 9.59 Å². The van der Waals surface area contributed by atoms with Gasteiger partial charge in [-0.1, -0.05) is 13.8 Å². The molecule has 3 aliphatic rings. The number of rotatable bonds is 5. The molecule has 1 heterocycles. The van der Waals surface area contributed by atoms with Gasteiger partial charge in [-0.05, 0) is 32.6 Å². The summed E-state index contributed by atoms with van der Waals surface area (Å²) in [5, 5.41) is 9.45. The highest BCUT2D eigenvalue weighted by Gasteiger charge is 2.75. The lowest BCUT2D eigenvalue weighted by Gasteiger charge is -2.27. The molecule has 136 valence electrons. The fourth-order valence-corrected chi connectivity index (χ4v) is 4.41. The third-order valence-corrected chi connectivity index (χ3v) is 6.30. The predicted octanol–water partition coefficient (Wildman–Crippen LogP) is 1.60. The van der Waals surface area contributed by atoms with E-state index in [-0.39, 0.29) is 17.8 Å². The second kappa shape index (κ2) is 5.72. The highest BCUT2D eigenvalue weighted by Crippen LogP contribution is 2.64. The Kier molecular flexibility index (Phi) is 4.05. The van der Waals surface area contributed by atoms with Crippen molar-refractivity contribution in [1.82, 2.24) is 0 Å². The highest BCUT2D eigenvalue weighted by atomic mass is 16.6. The number of ether oxygens (including phenoxy) is 3. The molecule has 0 aromatic rings. The van der Waals surface area contributed by atoms with Crippen LogP contribution in [0, 0.1) is 39.9 Å². The molecule has 0 spiro atoms. The van der Waals surface area contributed by atoms with Crippen LogP contribution < -0.4 is 0 Å². The second-order valence-corrected chi connectivity index (χ2v) is 7.97. The van der Waals surface area contributed by atoms with Crippen LogP contribution in [0.5, 0.6) is 0 Å². The number of nitriles is 1. The van der Waals surface area contributed by atoms with Crippen LogP contribution in [0.1, 0.15) is 40.5 Å². The van der Waals surface area contributed by atoms with Gasteiger partial charge in [-0.15, -0.1) is 0 Å². The maximum atomic E-state index is 12.1. The Bertz CT molecular complexity index is 665. The molecule has 2 bridgehead atoms. The summed E-state index contributed by atoms with van der Waals surface area (Å²) in [5.74, 6) is -1.88. The van der Waals surface area contributed by atoms with Crippen LogP contribution in [0.4, 0.5) is 0 Å². The van der Waals surface area contributed by atoms with Crippen LogP contribution in [0.2, 0.25) is 0 Å². The summed E-state index contributed by atoms with van der Waals surface area (Å²) in [6, 6.07) is 2.13. The molecule has 7 nitrogen and oxygen atoms in total. The smallest absolute Gasteiger partial charge is 0.344 e. The van der Waals surface area contributed by atoms with Crippen LogP contribution in [-0.2, 0) is 28.6 Å². The summed E-state index contributed by atoms with van der Waals surface area (Å²) in [5.41, 5.74) is -1.75. The van der Waals surface area contributed by atoms with E-state index in [0.29, 0.717) is 12.8 Å². The van der Waals surface area contributed by atoms with E-state index in [1.165, 1.54) is 0 Å². The topological polar surface area (TPSA) is 103 Å². The van der Waals surface area contributed by atoms with E-state index in [2.05, 4.69) is 6.07 Å². The first kappa shape index (κ1) is 17.7. The molecule has 5 unspecified atom stereocenters. The van der Waals surface area contributed by atoms with Crippen molar-refractivity contribution in [3.8, 4) is 6.07 Å². The Morgan fingerprint density at radius 2 is 2.12 bits per heavy atom. The van der Waals surface area contributed by atoms with Gasteiger partial charge in [0.05, 0.1) is 11.5 Å². The number of hydrogen-bond acceptors (Lipinski definition) is 7. The first-order valence-electron chi connectivity index (χ1n) is 8.67. The molecule has 1 saturated heterocycles. The zero-order valence-electron chi connectivity index (χ0n) is 14.9. The first-order valence-corrected chi connectivity index (χ1v) is 8.67. The van der Waals surface area contributed by atoms with Gasteiger partial charge in [0.1, 0.15) is 12.2 Å². The van der Waals surface area contributed by atoms with Crippen molar-refractivity contribution < 1.29 is 28.6 Å². The fourth-order valence-electron chi connectivity index (χ4n) is 4.41. The summed E-state index contributed by atoms with van der Waals surface area (Å²) in [7, 11) is 0. The zero-order valence-corrected chi connectivity index (χ0v) is 14.9. The molecule has 3 fully saturated rings. The van der Waals surface area contributed by atoms with Gasteiger partial charge in [-0.2, -0.15) is 5.26 Å². The van der Waals surface area contributed by atoms with Crippen molar-refractivity contribution in [2.24, 2.45) is 28.6 Å². The summed E-state index contributed by atoms with van der Waals surface area (Å²) < 4.78 is 15.9. The van der Waals surface area contributed by atoms with E-state index < -0.39 is 47.6 Å². The van der Waals surface area contributed by atoms with E-state index in [1.807, 2.05) is 13.8 Å². The van der Waals surface area contributed by atoms with Gasteiger partial charge in [0.2, 0.25) is 0 Å². The average molecular weight is 349 g/mol. The van der Waals surface area contributed by atoms with Crippen molar-refractivity contribution >= 4 is 17.9 Å². The molecular formula is C18H23NO6. The van der Waals surface area contributed by atoms with Crippen molar-refractivity contribution in [3.05, 3.63) is 0 Å². The molecule has 0 amide bonds. The van der Waals surface area contributed by atoms with Crippen molar-refractivity contribution in [3.63, 3.8) is 0 Å². The Morgan fingerprint density at radius 1 is 1.44 bits per heavy atom. The number of hydrogen-bond donors (Lipinski definition) is 0. The van der Waals surface area contributed by atoms with Crippen LogP contribution in [0.15, 0.2) is 0 Å². The minimum atomic E-state index is -1.09. The van der Waals surface area contributed by atoms with Crippen molar-refractivity contribution in [1.29, 1.82) is 5.26 Å². The zero-order chi connectivity index (χ0) is 18.6. The van der Waals surface area contributed by atoms with Crippen LogP contribution in [-0.4, -0.2) is 36.7 Å². The molecule has 0 N–H and O–H groups in total. The summed E-state index contributed by atoms with van der Waals surface area (Å²) >= 11 is 0. The van der Waals surface area contributed by atoms with Crippen LogP contribution >= 0.6 is 0 Å². The highest BCUT2D eigenvalue weighted by molar-refractivity contribution is 5.85. The van der Waals surface area contributed by atoms with E-state index in [0.717, 1.165) is 0 Å². The summed E-state index contributed by atoms with van der Waals surface area (Å²) in [6.45, 7) is 6.86. The van der Waals surface area contributed by atoms with E-state index in [4.69, 9.17) is 14.2 Å². The van der Waals surface area contributed by atoms with Gasteiger partial charge in [0.15, 0.2) is 12.0 Å². The molecule has 25 heavy (non-hydrogen) atoms. The molecule has 0 radical (unpaired) electrons. The number of nitrogens with zero attached hydrogens (tertiary/aromatic N) is 1. The first-order chi connectivity index (χ1) is 11.7. The SMILES string of the molecule is CCC(C)(C)C(=O)OCC(=O)OC1C2OC(=O)C3(C#N)CC1[C@H](C)C23. The van der Waals surface area contributed by atoms with Crippen LogP contribution in [0.3, 0.4) is 0 Å². The molecule has 0 aromatic carbocycles. The van der Waals surface area contributed by atoms with Gasteiger partial charge in [-0.25, -0.2) is 4.79 Å². The number of fused-ring (bicyclic) bond motifs is 1. The van der Waals surface area contributed by atoms with E-state index >= 15 is 0 Å². The standard InChI is InChI=1S/C18H23NO6/c1-5-17(3,4)15(21)23-7-11(20)24-13-10-6-18(8-19)12(9(10)2)14(13)25-16(18)22/h9-10,12-14H,5-7H2,1-4H3/t9-,10?,12?,13?,14?,18?/m0/s1. The normalized spacial score (nSPS) is 38.2. The molecule has 6 atom stereocenters. The second-order valence-electron chi connectivity index (χ2n) is 7.97. The maximum Gasteiger partial charge on any atom is 0.344 e. The minimum Gasteiger partial charge on any atom is -0.457 e. The van der Waals surface area contributed by atoms with Gasteiger partial charge < -0.3 is 14.2 Å². The van der Waals surface area contributed by atoms with Gasteiger partial charge in [0.25, 0.3) is 0 Å². The Balaban J connectivity index is 1.62. The third kappa shape index (κ3) is 2.42. The molecule has 7 heteroatoms. The van der Waals surface area contributed by atoms with Crippen molar-refractivity contribution in [2.75, 3.05) is 6.61 Å². The Hall–Kier alpha value is -2.10. The third-order valence-electron chi connectivity index (χ3n) is 6.30. The molecule has 3 rings (SSSR count). The van der Waals surface area contributed by atoms with Crippen molar-refractivity contribution in [2.45, 2.75) is 52.7 Å². The Labute approximate surface area is 146 Å². The lowest BCUT2D eigenvalue weighted by atomic mass is 9.74. The summed E-state index contributed by atoms with van der Waals surface area (Å²) in [4.78, 5) is 36.2. The average Bonchev–Trinajstić information content (AvgIpc) is 3.09. The molecule has 2 aliphatic carbocycles. The predicted molar refractivity (Wildman–Crippen MR) is 83.6 cm³/mol.